The van der Waals surface area contributed by atoms with Gasteiger partial charge in [-0.1, -0.05) is 12.1 Å². The van der Waals surface area contributed by atoms with Gasteiger partial charge >= 0.3 is 0 Å². The molecule has 1 atom stereocenters. The number of hydrogen-bond acceptors (Lipinski definition) is 3. The highest BCUT2D eigenvalue weighted by Crippen LogP contribution is 2.33. The van der Waals surface area contributed by atoms with E-state index in [-0.39, 0.29) is 5.91 Å². The predicted molar refractivity (Wildman–Crippen MR) is 64.3 cm³/mol. The van der Waals surface area contributed by atoms with Gasteiger partial charge in [0.15, 0.2) is 6.17 Å². The number of para-hydroxylation sites is 1. The number of likely N-dealkylation sites (N-methyl/N-ethyl adjacent to an activating group) is 1. The average molecular weight is 228 g/mol. The molecule has 2 N–H and O–H groups in total. The normalized spacial score (nSPS) is 18.6. The van der Waals surface area contributed by atoms with Crippen molar-refractivity contribution >= 4 is 11.6 Å². The molecule has 2 heterocycles. The number of benzene rings is 1. The molecule has 3 rings (SSSR count). The molecule has 0 saturated carbocycles. The Balaban J connectivity index is 2.34. The molecule has 0 fully saturated rings. The molecule has 86 valence electrons. The minimum atomic E-state index is -0.718. The number of nitrogens with two attached hydrogens (primary N) is 1. The van der Waals surface area contributed by atoms with Crippen molar-refractivity contribution in [1.82, 2.24) is 9.55 Å². The summed E-state index contributed by atoms with van der Waals surface area (Å²) < 4.78 is 1.70. The van der Waals surface area contributed by atoms with Crippen LogP contribution >= 0.6 is 0 Å². The van der Waals surface area contributed by atoms with Crippen LogP contribution in [0.1, 0.15) is 6.17 Å². The van der Waals surface area contributed by atoms with E-state index in [1.165, 1.54) is 0 Å². The maximum absolute atomic E-state index is 12.1. The second kappa shape index (κ2) is 3.43. The molecule has 0 bridgehead atoms. The monoisotopic (exact) mass is 228 g/mol. The molecule has 1 unspecified atom stereocenters. The molecule has 0 radical (unpaired) electrons. The van der Waals surface area contributed by atoms with E-state index in [1.54, 1.807) is 28.9 Å². The summed E-state index contributed by atoms with van der Waals surface area (Å²) >= 11 is 0. The molecule has 1 aromatic carbocycles. The van der Waals surface area contributed by atoms with Gasteiger partial charge < -0.3 is 15.2 Å². The largest absolute Gasteiger partial charge is 0.312 e. The summed E-state index contributed by atoms with van der Waals surface area (Å²) in [5.41, 5.74) is 7.69. The summed E-state index contributed by atoms with van der Waals surface area (Å²) in [5, 5.41) is 0. The fourth-order valence-corrected chi connectivity index (χ4v) is 2.14. The van der Waals surface area contributed by atoms with Gasteiger partial charge in [-0.25, -0.2) is 4.98 Å². The number of fused-ring (bicyclic) bond motifs is 3. The van der Waals surface area contributed by atoms with Gasteiger partial charge in [0.25, 0.3) is 5.91 Å². The van der Waals surface area contributed by atoms with E-state index < -0.39 is 6.17 Å². The Morgan fingerprint density at radius 2 is 2.12 bits per heavy atom. The highest BCUT2D eigenvalue weighted by Gasteiger charge is 2.29. The van der Waals surface area contributed by atoms with Crippen molar-refractivity contribution < 1.29 is 4.79 Å². The summed E-state index contributed by atoms with van der Waals surface area (Å²) in [5.74, 6) is 0.583. The van der Waals surface area contributed by atoms with E-state index in [0.29, 0.717) is 0 Å². The fraction of sp³-hybridized carbons (Fsp3) is 0.167. The predicted octanol–water partition coefficient (Wildman–Crippen LogP) is 0.984. The third-order valence-electron chi connectivity index (χ3n) is 3.06. The van der Waals surface area contributed by atoms with Crippen molar-refractivity contribution in [3.05, 3.63) is 36.7 Å². The number of carbonyl (C=O) groups excluding carboxylic acids is 1. The van der Waals surface area contributed by atoms with Gasteiger partial charge in [-0.05, 0) is 12.1 Å². The topological polar surface area (TPSA) is 64.2 Å². The quantitative estimate of drug-likeness (QED) is 0.731. The van der Waals surface area contributed by atoms with Gasteiger partial charge in [0.05, 0.1) is 5.69 Å². The van der Waals surface area contributed by atoms with Gasteiger partial charge in [0.1, 0.15) is 5.82 Å². The van der Waals surface area contributed by atoms with Gasteiger partial charge in [0.2, 0.25) is 0 Å². The summed E-state index contributed by atoms with van der Waals surface area (Å²) in [4.78, 5) is 18.0. The zero-order valence-corrected chi connectivity index (χ0v) is 9.37. The van der Waals surface area contributed by atoms with E-state index in [9.17, 15) is 4.79 Å². The van der Waals surface area contributed by atoms with Crippen molar-refractivity contribution in [3.8, 4) is 11.4 Å². The number of amides is 1. The first kappa shape index (κ1) is 10.0. The smallest absolute Gasteiger partial charge is 0.264 e. The minimum absolute atomic E-state index is 0.144. The molecule has 5 nitrogen and oxygen atoms in total. The zero-order valence-electron chi connectivity index (χ0n) is 9.37. The van der Waals surface area contributed by atoms with E-state index in [0.717, 1.165) is 17.1 Å². The van der Waals surface area contributed by atoms with E-state index in [2.05, 4.69) is 4.98 Å². The highest BCUT2D eigenvalue weighted by atomic mass is 16.2. The maximum atomic E-state index is 12.1. The van der Waals surface area contributed by atoms with Crippen LogP contribution in [0.4, 0.5) is 5.69 Å². The van der Waals surface area contributed by atoms with Crippen molar-refractivity contribution in [3.63, 3.8) is 0 Å². The number of rotatable bonds is 0. The van der Waals surface area contributed by atoms with Crippen LogP contribution in [0.3, 0.4) is 0 Å². The molecule has 1 aliphatic rings. The van der Waals surface area contributed by atoms with Gasteiger partial charge in [-0.15, -0.1) is 0 Å². The van der Waals surface area contributed by atoms with Crippen molar-refractivity contribution in [1.29, 1.82) is 0 Å². The Bertz CT molecular complexity index is 590. The van der Waals surface area contributed by atoms with Gasteiger partial charge in [-0.2, -0.15) is 0 Å². The molecular weight excluding hydrogens is 216 g/mol. The van der Waals surface area contributed by atoms with E-state index in [4.69, 9.17) is 5.73 Å². The van der Waals surface area contributed by atoms with Crippen molar-refractivity contribution in [2.45, 2.75) is 6.17 Å². The van der Waals surface area contributed by atoms with Crippen LogP contribution in [0.25, 0.3) is 11.4 Å². The minimum Gasteiger partial charge on any atom is -0.312 e. The van der Waals surface area contributed by atoms with Crippen LogP contribution in [0.2, 0.25) is 0 Å². The number of hydrogen-bond donors (Lipinski definition) is 1. The Morgan fingerprint density at radius 3 is 2.94 bits per heavy atom. The van der Waals surface area contributed by atoms with Crippen LogP contribution in [-0.2, 0) is 4.79 Å². The number of imidazole rings is 1. The second-order valence-corrected chi connectivity index (χ2v) is 4.02. The van der Waals surface area contributed by atoms with Crippen LogP contribution < -0.4 is 10.6 Å². The van der Waals surface area contributed by atoms with Crippen LogP contribution in [0.5, 0.6) is 0 Å². The Hall–Kier alpha value is -2.14. The molecular formula is C12H12N4O. The lowest BCUT2D eigenvalue weighted by molar-refractivity contribution is -0.121. The van der Waals surface area contributed by atoms with E-state index in [1.807, 2.05) is 24.3 Å². The third kappa shape index (κ3) is 1.29. The first-order valence-corrected chi connectivity index (χ1v) is 5.35. The summed E-state index contributed by atoms with van der Waals surface area (Å²) in [6.07, 6.45) is 2.67. The summed E-state index contributed by atoms with van der Waals surface area (Å²) in [6.45, 7) is 0. The number of carbonyl (C=O) groups is 1. The molecule has 0 spiro atoms. The van der Waals surface area contributed by atoms with Crippen molar-refractivity contribution in [2.24, 2.45) is 5.73 Å². The molecule has 5 heteroatoms. The van der Waals surface area contributed by atoms with E-state index >= 15 is 0 Å². The number of anilines is 1. The summed E-state index contributed by atoms with van der Waals surface area (Å²) in [7, 11) is 1.73. The second-order valence-electron chi connectivity index (χ2n) is 4.02. The van der Waals surface area contributed by atoms with Crippen LogP contribution in [0, 0.1) is 0 Å². The molecule has 1 amide bonds. The Morgan fingerprint density at radius 1 is 1.35 bits per heavy atom. The molecule has 1 aliphatic heterocycles. The molecule has 0 aliphatic carbocycles. The first-order valence-electron chi connectivity index (χ1n) is 5.35. The lowest BCUT2D eigenvalue weighted by atomic mass is 10.1. The Kier molecular flexibility index (Phi) is 2.02. The fourth-order valence-electron chi connectivity index (χ4n) is 2.14. The Labute approximate surface area is 98.5 Å². The van der Waals surface area contributed by atoms with Gasteiger partial charge in [-0.3, -0.25) is 4.79 Å². The standard InChI is InChI=1S/C12H12N4O/c1-15-9-5-3-2-4-8(9)11-14-6-7-16(11)10(13)12(15)17/h2-7,10H,13H2,1H3. The SMILES string of the molecule is CN1C(=O)C(N)n2ccnc2-c2ccccc21. The summed E-state index contributed by atoms with van der Waals surface area (Å²) in [6, 6.07) is 7.65. The first-order chi connectivity index (χ1) is 8.20. The van der Waals surface area contributed by atoms with Gasteiger partial charge in [0, 0.05) is 25.0 Å². The third-order valence-corrected chi connectivity index (χ3v) is 3.06. The lowest BCUT2D eigenvalue weighted by Gasteiger charge is -2.19. The molecule has 2 aromatic rings. The van der Waals surface area contributed by atoms with Crippen LogP contribution in [-0.4, -0.2) is 22.5 Å². The lowest BCUT2D eigenvalue weighted by Crippen LogP contribution is -2.37. The van der Waals surface area contributed by atoms with Crippen molar-refractivity contribution in [2.75, 3.05) is 11.9 Å². The maximum Gasteiger partial charge on any atom is 0.264 e. The average Bonchev–Trinajstić information content (AvgIpc) is 2.82. The number of nitrogens with zero attached hydrogens (tertiary/aromatic N) is 3. The number of aromatic nitrogens is 2. The molecule has 17 heavy (non-hydrogen) atoms. The zero-order chi connectivity index (χ0) is 12.0. The molecule has 0 saturated heterocycles. The van der Waals surface area contributed by atoms with Crippen LogP contribution in [0.15, 0.2) is 36.7 Å². The molecule has 1 aromatic heterocycles. The highest BCUT2D eigenvalue weighted by molar-refractivity contribution is 6.00.